The van der Waals surface area contributed by atoms with E-state index in [0.29, 0.717) is 17.8 Å². The van der Waals surface area contributed by atoms with E-state index in [-0.39, 0.29) is 46.7 Å². The fourth-order valence-corrected chi connectivity index (χ4v) is 8.97. The van der Waals surface area contributed by atoms with E-state index in [9.17, 15) is 9.59 Å². The highest BCUT2D eigenvalue weighted by molar-refractivity contribution is 5.66. The van der Waals surface area contributed by atoms with E-state index in [2.05, 4.69) is 19.9 Å². The molecule has 10 atom stereocenters. The monoisotopic (exact) mass is 430 g/mol. The van der Waals surface area contributed by atoms with Gasteiger partial charge in [0, 0.05) is 20.3 Å². The van der Waals surface area contributed by atoms with E-state index in [1.54, 1.807) is 0 Å². The molecule has 10 unspecified atom stereocenters. The number of hydrogen-bond donors (Lipinski definition) is 0. The average Bonchev–Trinajstić information content (AvgIpc) is 3.28. The van der Waals surface area contributed by atoms with Crippen molar-refractivity contribution in [1.82, 2.24) is 0 Å². The first-order chi connectivity index (χ1) is 14.7. The third-order valence-electron chi connectivity index (χ3n) is 10.1. The SMILES string of the molecule is CC(=O)OC1CCC2(C)C(=CCC3C2CCC24C(OC(C)=O)OC(C)C25OC5CC34)C1. The summed E-state index contributed by atoms with van der Waals surface area (Å²) in [6.45, 7) is 7.52. The van der Waals surface area contributed by atoms with Crippen molar-refractivity contribution in [3.8, 4) is 0 Å². The van der Waals surface area contributed by atoms with Crippen LogP contribution in [0, 0.1) is 28.6 Å². The van der Waals surface area contributed by atoms with Crippen LogP contribution in [-0.4, -0.2) is 42.1 Å². The molecule has 170 valence electrons. The Labute approximate surface area is 184 Å². The summed E-state index contributed by atoms with van der Waals surface area (Å²) in [6, 6.07) is 0. The molecule has 0 bridgehead atoms. The minimum Gasteiger partial charge on any atom is -0.462 e. The maximum Gasteiger partial charge on any atom is 0.304 e. The zero-order chi connectivity index (χ0) is 21.8. The number of hydrogen-bond acceptors (Lipinski definition) is 6. The summed E-state index contributed by atoms with van der Waals surface area (Å²) in [5.74, 6) is 1.19. The zero-order valence-corrected chi connectivity index (χ0v) is 19.0. The van der Waals surface area contributed by atoms with Crippen LogP contribution in [0.3, 0.4) is 0 Å². The molecule has 6 rings (SSSR count). The summed E-state index contributed by atoms with van der Waals surface area (Å²) in [6.07, 6.45) is 9.30. The van der Waals surface area contributed by atoms with Gasteiger partial charge in [-0.25, -0.2) is 0 Å². The summed E-state index contributed by atoms with van der Waals surface area (Å²) in [5.41, 5.74) is 1.19. The van der Waals surface area contributed by atoms with Gasteiger partial charge in [0.2, 0.25) is 6.29 Å². The highest BCUT2D eigenvalue weighted by Crippen LogP contribution is 2.78. The Morgan fingerprint density at radius 3 is 2.61 bits per heavy atom. The van der Waals surface area contributed by atoms with Crippen LogP contribution in [0.4, 0.5) is 0 Å². The second-order valence-corrected chi connectivity index (χ2v) is 11.2. The van der Waals surface area contributed by atoms with Gasteiger partial charge in [0.05, 0.1) is 17.6 Å². The van der Waals surface area contributed by atoms with Crippen molar-refractivity contribution < 1.29 is 28.5 Å². The highest BCUT2D eigenvalue weighted by atomic mass is 16.7. The summed E-state index contributed by atoms with van der Waals surface area (Å²) in [5, 5.41) is 0. The molecule has 6 nitrogen and oxygen atoms in total. The van der Waals surface area contributed by atoms with E-state index in [1.165, 1.54) is 19.4 Å². The number of rotatable bonds is 2. The summed E-state index contributed by atoms with van der Waals surface area (Å²) >= 11 is 0. The molecule has 6 aliphatic rings. The fourth-order valence-electron chi connectivity index (χ4n) is 8.97. The Kier molecular flexibility index (Phi) is 4.14. The van der Waals surface area contributed by atoms with Crippen molar-refractivity contribution in [2.45, 2.75) is 103 Å². The van der Waals surface area contributed by atoms with Gasteiger partial charge in [0.15, 0.2) is 0 Å². The molecular weight excluding hydrogens is 396 g/mol. The van der Waals surface area contributed by atoms with Crippen LogP contribution >= 0.6 is 0 Å². The average molecular weight is 431 g/mol. The summed E-state index contributed by atoms with van der Waals surface area (Å²) in [7, 11) is 0. The lowest BCUT2D eigenvalue weighted by atomic mass is 9.46. The van der Waals surface area contributed by atoms with E-state index >= 15 is 0 Å². The lowest BCUT2D eigenvalue weighted by Gasteiger charge is -2.58. The molecule has 4 aliphatic carbocycles. The fraction of sp³-hybridized carbons (Fsp3) is 0.840. The number of epoxide rings is 1. The molecule has 0 amide bonds. The zero-order valence-electron chi connectivity index (χ0n) is 19.0. The number of fused-ring (bicyclic) bond motifs is 4. The molecule has 0 N–H and O–H groups in total. The van der Waals surface area contributed by atoms with Gasteiger partial charge in [-0.15, -0.1) is 0 Å². The van der Waals surface area contributed by atoms with Crippen molar-refractivity contribution in [2.24, 2.45) is 28.6 Å². The Hall–Kier alpha value is -1.40. The van der Waals surface area contributed by atoms with Crippen LogP contribution in [0.1, 0.15) is 72.6 Å². The normalized spacial score (nSPS) is 53.8. The maximum absolute atomic E-state index is 11.9. The van der Waals surface area contributed by atoms with E-state index < -0.39 is 6.29 Å². The molecule has 0 radical (unpaired) electrons. The van der Waals surface area contributed by atoms with Gasteiger partial charge >= 0.3 is 11.9 Å². The Balaban J connectivity index is 1.33. The lowest BCUT2D eigenvalue weighted by Crippen LogP contribution is -2.57. The van der Waals surface area contributed by atoms with Gasteiger partial charge in [0.25, 0.3) is 0 Å². The third-order valence-corrected chi connectivity index (χ3v) is 10.1. The summed E-state index contributed by atoms with van der Waals surface area (Å²) < 4.78 is 24.0. The smallest absolute Gasteiger partial charge is 0.304 e. The van der Waals surface area contributed by atoms with Crippen LogP contribution in [0.25, 0.3) is 0 Å². The van der Waals surface area contributed by atoms with Crippen LogP contribution in [-0.2, 0) is 28.5 Å². The number of allylic oxidation sites excluding steroid dienone is 1. The van der Waals surface area contributed by atoms with Gasteiger partial charge in [-0.2, -0.15) is 0 Å². The second kappa shape index (κ2) is 6.34. The van der Waals surface area contributed by atoms with E-state index in [1.807, 2.05) is 0 Å². The second-order valence-electron chi connectivity index (χ2n) is 11.2. The largest absolute Gasteiger partial charge is 0.462 e. The lowest BCUT2D eigenvalue weighted by molar-refractivity contribution is -0.212. The number of carbonyl (C=O) groups is 2. The van der Waals surface area contributed by atoms with Crippen molar-refractivity contribution in [1.29, 1.82) is 0 Å². The van der Waals surface area contributed by atoms with Crippen molar-refractivity contribution in [3.63, 3.8) is 0 Å². The Bertz CT molecular complexity index is 866. The first-order valence-corrected chi connectivity index (χ1v) is 12.1. The van der Waals surface area contributed by atoms with E-state index in [4.69, 9.17) is 18.9 Å². The maximum atomic E-state index is 11.9. The van der Waals surface area contributed by atoms with Crippen molar-refractivity contribution >= 4 is 11.9 Å². The molecule has 3 saturated carbocycles. The van der Waals surface area contributed by atoms with Gasteiger partial charge in [0.1, 0.15) is 11.7 Å². The summed E-state index contributed by atoms with van der Waals surface area (Å²) in [4.78, 5) is 23.4. The topological polar surface area (TPSA) is 74.4 Å². The number of carbonyl (C=O) groups excluding carboxylic acids is 2. The molecule has 2 spiro atoms. The number of ether oxygens (including phenoxy) is 4. The molecule has 0 aromatic rings. The van der Waals surface area contributed by atoms with Gasteiger partial charge in [-0.3, -0.25) is 9.59 Å². The molecule has 2 saturated heterocycles. The molecule has 2 heterocycles. The van der Waals surface area contributed by atoms with Gasteiger partial charge < -0.3 is 18.9 Å². The Morgan fingerprint density at radius 2 is 1.87 bits per heavy atom. The number of esters is 2. The minimum absolute atomic E-state index is 0.0246. The van der Waals surface area contributed by atoms with Crippen LogP contribution < -0.4 is 0 Å². The molecule has 0 aromatic carbocycles. The van der Waals surface area contributed by atoms with Crippen LogP contribution in [0.15, 0.2) is 11.6 Å². The highest BCUT2D eigenvalue weighted by Gasteiger charge is 2.87. The predicted octanol–water partition coefficient (Wildman–Crippen LogP) is 3.92. The molecule has 2 aliphatic heterocycles. The predicted molar refractivity (Wildman–Crippen MR) is 111 cm³/mol. The molecule has 6 heteroatoms. The third kappa shape index (κ3) is 2.41. The van der Waals surface area contributed by atoms with Crippen LogP contribution in [0.2, 0.25) is 0 Å². The quantitative estimate of drug-likeness (QED) is 0.376. The van der Waals surface area contributed by atoms with Crippen molar-refractivity contribution in [2.75, 3.05) is 0 Å². The van der Waals surface area contributed by atoms with Gasteiger partial charge in [-0.05, 0) is 68.6 Å². The minimum atomic E-state index is -0.490. The van der Waals surface area contributed by atoms with E-state index in [0.717, 1.165) is 44.9 Å². The standard InChI is InChI=1S/C25H34O6/c1-13-25-21(31-25)12-20-18-6-5-16-11-17(29-14(2)26)7-9-23(16,4)19(18)8-10-24(20,25)22(28-13)30-15(3)27/h5,13,17-22H,6-12H2,1-4H3. The molecule has 5 fully saturated rings. The molecule has 0 aromatic heterocycles. The first kappa shape index (κ1) is 20.2. The van der Waals surface area contributed by atoms with Gasteiger partial charge in [-0.1, -0.05) is 18.6 Å². The molecule has 31 heavy (non-hydrogen) atoms. The Morgan fingerprint density at radius 1 is 1.10 bits per heavy atom. The molecular formula is C25H34O6. The first-order valence-electron chi connectivity index (χ1n) is 12.1. The van der Waals surface area contributed by atoms with Crippen LogP contribution in [0.5, 0.6) is 0 Å². The van der Waals surface area contributed by atoms with Crippen molar-refractivity contribution in [3.05, 3.63) is 11.6 Å².